The van der Waals surface area contributed by atoms with Gasteiger partial charge in [0.2, 0.25) is 0 Å². The maximum Gasteiger partial charge on any atom is 0.256 e. The Morgan fingerprint density at radius 2 is 1.88 bits per heavy atom. The lowest BCUT2D eigenvalue weighted by atomic mass is 10.1. The van der Waals surface area contributed by atoms with Gasteiger partial charge in [0.1, 0.15) is 5.84 Å². The average Bonchev–Trinajstić information content (AvgIpc) is 2.86. The smallest absolute Gasteiger partial charge is 0.256 e. The van der Waals surface area contributed by atoms with E-state index in [1.54, 1.807) is 23.3 Å². The molecule has 1 amide bonds. The van der Waals surface area contributed by atoms with Gasteiger partial charge < -0.3 is 15.5 Å². The van der Waals surface area contributed by atoms with E-state index < -0.39 is 10.0 Å². The number of nitrogens with one attached hydrogen (secondary N) is 2. The fourth-order valence-corrected chi connectivity index (χ4v) is 4.34. The van der Waals surface area contributed by atoms with Gasteiger partial charge in [0.05, 0.1) is 11.3 Å². The zero-order valence-electron chi connectivity index (χ0n) is 14.8. The van der Waals surface area contributed by atoms with Crippen LogP contribution in [0.2, 0.25) is 0 Å². The Kier molecular flexibility index (Phi) is 7.67. The highest BCUT2D eigenvalue weighted by molar-refractivity contribution is 7.90. The topological polar surface area (TPSA) is 90.9 Å². The molecular formula is C17H27ClN4O3S. The second-order valence-electron chi connectivity index (χ2n) is 6.75. The number of amidine groups is 1. The van der Waals surface area contributed by atoms with E-state index in [0.29, 0.717) is 30.5 Å². The molecule has 0 aromatic carbocycles. The van der Waals surface area contributed by atoms with Gasteiger partial charge in [-0.05, 0) is 25.0 Å². The van der Waals surface area contributed by atoms with Crippen LogP contribution in [0.3, 0.4) is 0 Å². The van der Waals surface area contributed by atoms with E-state index >= 15 is 0 Å². The SMILES string of the molecule is Cl.O=C(NCCNC1CCCCCC1)C1=CN2CCS(=O)(=O)N=C2C=C1. The molecule has 0 bridgehead atoms. The molecule has 0 saturated heterocycles. The molecular weight excluding hydrogens is 376 g/mol. The lowest BCUT2D eigenvalue weighted by molar-refractivity contribution is -0.117. The van der Waals surface area contributed by atoms with Crippen LogP contribution in [0.4, 0.5) is 0 Å². The van der Waals surface area contributed by atoms with E-state index in [2.05, 4.69) is 15.0 Å². The van der Waals surface area contributed by atoms with Gasteiger partial charge in [0.15, 0.2) is 0 Å². The summed E-state index contributed by atoms with van der Waals surface area (Å²) >= 11 is 0. The molecule has 146 valence electrons. The van der Waals surface area contributed by atoms with Crippen molar-refractivity contribution >= 4 is 34.2 Å². The molecule has 3 aliphatic rings. The standard InChI is InChI=1S/C17H26N4O3S.ClH/c22-17(19-10-9-18-15-5-3-1-2-4-6-15)14-7-8-16-20-25(23,24)12-11-21(16)13-14;/h7-8,13,15,18H,1-6,9-12H2,(H,19,22);1H. The van der Waals surface area contributed by atoms with Gasteiger partial charge in [-0.3, -0.25) is 4.79 Å². The fourth-order valence-electron chi connectivity index (χ4n) is 3.37. The summed E-state index contributed by atoms with van der Waals surface area (Å²) in [5, 5.41) is 6.44. The van der Waals surface area contributed by atoms with E-state index in [0.717, 1.165) is 6.54 Å². The van der Waals surface area contributed by atoms with Gasteiger partial charge in [-0.2, -0.15) is 0 Å². The van der Waals surface area contributed by atoms with Crippen molar-refractivity contribution in [1.82, 2.24) is 15.5 Å². The molecule has 1 fully saturated rings. The number of hydrogen-bond acceptors (Lipinski definition) is 5. The molecule has 0 spiro atoms. The number of nitrogens with zero attached hydrogens (tertiary/aromatic N) is 2. The molecule has 3 rings (SSSR count). The van der Waals surface area contributed by atoms with Crippen LogP contribution in [0.15, 0.2) is 28.3 Å². The highest BCUT2D eigenvalue weighted by Crippen LogP contribution is 2.17. The number of hydrogen-bond donors (Lipinski definition) is 2. The Morgan fingerprint density at radius 1 is 1.15 bits per heavy atom. The van der Waals surface area contributed by atoms with Crippen molar-refractivity contribution in [3.63, 3.8) is 0 Å². The minimum Gasteiger partial charge on any atom is -0.351 e. The monoisotopic (exact) mass is 402 g/mol. The number of rotatable bonds is 5. The van der Waals surface area contributed by atoms with Crippen molar-refractivity contribution in [2.24, 2.45) is 4.40 Å². The van der Waals surface area contributed by atoms with Gasteiger partial charge >= 0.3 is 0 Å². The van der Waals surface area contributed by atoms with Crippen LogP contribution in [-0.2, 0) is 14.8 Å². The van der Waals surface area contributed by atoms with Gasteiger partial charge in [0, 0.05) is 31.9 Å². The van der Waals surface area contributed by atoms with E-state index in [4.69, 9.17) is 0 Å². The Labute approximate surface area is 161 Å². The molecule has 7 nitrogen and oxygen atoms in total. The molecule has 2 aliphatic heterocycles. The van der Waals surface area contributed by atoms with Crippen molar-refractivity contribution in [1.29, 1.82) is 0 Å². The highest BCUT2D eigenvalue weighted by Gasteiger charge is 2.24. The second kappa shape index (κ2) is 9.53. The Hall–Kier alpha value is -1.38. The maximum atomic E-state index is 12.3. The van der Waals surface area contributed by atoms with Crippen molar-refractivity contribution in [3.8, 4) is 0 Å². The molecule has 0 aromatic heterocycles. The Balaban J connectivity index is 0.00000243. The third-order valence-corrected chi connectivity index (χ3v) is 5.95. The molecule has 1 saturated carbocycles. The number of halogens is 1. The predicted molar refractivity (Wildman–Crippen MR) is 105 cm³/mol. The average molecular weight is 403 g/mol. The van der Waals surface area contributed by atoms with E-state index in [-0.39, 0.29) is 24.1 Å². The van der Waals surface area contributed by atoms with Crippen LogP contribution in [0.5, 0.6) is 0 Å². The zero-order chi connectivity index (χ0) is 17.7. The number of amides is 1. The quantitative estimate of drug-likeness (QED) is 0.534. The number of fused-ring (bicyclic) bond motifs is 1. The van der Waals surface area contributed by atoms with Crippen LogP contribution in [0.1, 0.15) is 38.5 Å². The van der Waals surface area contributed by atoms with E-state index in [1.807, 2.05) is 0 Å². The zero-order valence-corrected chi connectivity index (χ0v) is 16.4. The number of carbonyl (C=O) groups is 1. The first kappa shape index (κ1) is 20.9. The fraction of sp³-hybridized carbons (Fsp3) is 0.647. The summed E-state index contributed by atoms with van der Waals surface area (Å²) in [6.45, 7) is 1.67. The predicted octanol–water partition coefficient (Wildman–Crippen LogP) is 1.33. The lowest BCUT2D eigenvalue weighted by Crippen LogP contribution is -2.39. The van der Waals surface area contributed by atoms with Crippen LogP contribution < -0.4 is 10.6 Å². The van der Waals surface area contributed by atoms with Crippen LogP contribution in [0.25, 0.3) is 0 Å². The first-order valence-electron chi connectivity index (χ1n) is 9.04. The molecule has 9 heteroatoms. The molecule has 2 N–H and O–H groups in total. The normalized spacial score (nSPS) is 22.4. The number of carbonyl (C=O) groups excluding carboxylic acids is 1. The van der Waals surface area contributed by atoms with Gasteiger partial charge in [-0.1, -0.05) is 25.7 Å². The third kappa shape index (κ3) is 5.82. The molecule has 0 atom stereocenters. The summed E-state index contributed by atoms with van der Waals surface area (Å²) in [7, 11) is -3.36. The third-order valence-electron chi connectivity index (χ3n) is 4.78. The molecule has 2 heterocycles. The first-order valence-corrected chi connectivity index (χ1v) is 10.7. The van der Waals surface area contributed by atoms with Gasteiger partial charge in [0.25, 0.3) is 15.9 Å². The van der Waals surface area contributed by atoms with Gasteiger partial charge in [-0.25, -0.2) is 8.42 Å². The second-order valence-corrected chi connectivity index (χ2v) is 8.50. The van der Waals surface area contributed by atoms with Crippen molar-refractivity contribution in [2.75, 3.05) is 25.4 Å². The van der Waals surface area contributed by atoms with Crippen LogP contribution >= 0.6 is 12.4 Å². The Bertz CT molecular complexity index is 695. The molecule has 0 unspecified atom stereocenters. The van der Waals surface area contributed by atoms with Crippen molar-refractivity contribution in [3.05, 3.63) is 23.9 Å². The summed E-state index contributed by atoms with van der Waals surface area (Å²) in [5.41, 5.74) is 0.521. The van der Waals surface area contributed by atoms with E-state index in [9.17, 15) is 13.2 Å². The van der Waals surface area contributed by atoms with Crippen molar-refractivity contribution in [2.45, 2.75) is 44.6 Å². The molecule has 0 aromatic rings. The minimum absolute atomic E-state index is 0. The summed E-state index contributed by atoms with van der Waals surface area (Å²) in [5.74, 6) is 0.199. The highest BCUT2D eigenvalue weighted by atomic mass is 35.5. The number of sulfonamides is 1. The van der Waals surface area contributed by atoms with Crippen molar-refractivity contribution < 1.29 is 13.2 Å². The van der Waals surface area contributed by atoms with Crippen LogP contribution in [-0.4, -0.2) is 56.5 Å². The first-order chi connectivity index (χ1) is 12.0. The summed E-state index contributed by atoms with van der Waals surface area (Å²) < 4.78 is 26.7. The summed E-state index contributed by atoms with van der Waals surface area (Å²) in [6.07, 6.45) is 12.6. The lowest BCUT2D eigenvalue weighted by Gasteiger charge is -2.27. The molecule has 0 radical (unpaired) electrons. The largest absolute Gasteiger partial charge is 0.351 e. The molecule has 26 heavy (non-hydrogen) atoms. The Morgan fingerprint density at radius 3 is 2.62 bits per heavy atom. The molecule has 1 aliphatic carbocycles. The van der Waals surface area contributed by atoms with E-state index in [1.165, 1.54) is 38.5 Å². The van der Waals surface area contributed by atoms with Gasteiger partial charge in [-0.15, -0.1) is 16.8 Å². The summed E-state index contributed by atoms with van der Waals surface area (Å²) in [6, 6.07) is 0.572. The maximum absolute atomic E-state index is 12.3. The summed E-state index contributed by atoms with van der Waals surface area (Å²) in [4.78, 5) is 14.0. The minimum atomic E-state index is -3.36. The van der Waals surface area contributed by atoms with Crippen LogP contribution in [0, 0.1) is 0 Å².